The average Bonchev–Trinajstić information content (AvgIpc) is 2.79. The highest BCUT2D eigenvalue weighted by Crippen LogP contribution is 2.16. The summed E-state index contributed by atoms with van der Waals surface area (Å²) >= 11 is 5.95. The Morgan fingerprint density at radius 2 is 1.59 bits per heavy atom. The number of ether oxygens (including phenoxy) is 1. The molecule has 0 fully saturated rings. The Bertz CT molecular complexity index is 1160. The molecule has 8 heteroatoms. The molecule has 0 saturated carbocycles. The summed E-state index contributed by atoms with van der Waals surface area (Å²) in [5.74, 6) is -0.992. The van der Waals surface area contributed by atoms with E-state index in [-0.39, 0.29) is 12.1 Å². The minimum absolute atomic E-state index is 0.255. The standard InChI is InChI=1S/C24H20ClN3O4/c1-16-6-2-3-7-19(16)24(31)32-18-12-10-17(11-13-18)14-27-28-22(29)15-26-23(30)20-8-4-5-9-21(20)25/h2-14H,15H2,1H3,(H,26,30)(H,28,29). The van der Waals surface area contributed by atoms with Gasteiger partial charge in [-0.2, -0.15) is 5.10 Å². The zero-order chi connectivity index (χ0) is 22.9. The monoisotopic (exact) mass is 449 g/mol. The Kier molecular flexibility index (Phi) is 7.72. The lowest BCUT2D eigenvalue weighted by Crippen LogP contribution is -2.35. The zero-order valence-corrected chi connectivity index (χ0v) is 17.9. The van der Waals surface area contributed by atoms with Gasteiger partial charge in [-0.15, -0.1) is 0 Å². The SMILES string of the molecule is Cc1ccccc1C(=O)Oc1ccc(C=NNC(=O)CNC(=O)c2ccccc2Cl)cc1. The predicted octanol–water partition coefficient (Wildman–Crippen LogP) is 3.75. The first-order chi connectivity index (χ1) is 15.4. The largest absolute Gasteiger partial charge is 0.423 e. The number of amides is 2. The van der Waals surface area contributed by atoms with Crippen LogP contribution in [0.25, 0.3) is 0 Å². The number of halogens is 1. The maximum Gasteiger partial charge on any atom is 0.343 e. The van der Waals surface area contributed by atoms with Crippen molar-refractivity contribution in [3.05, 3.63) is 100 Å². The van der Waals surface area contributed by atoms with Crippen molar-refractivity contribution in [2.45, 2.75) is 6.92 Å². The summed E-state index contributed by atoms with van der Waals surface area (Å²) in [4.78, 5) is 36.1. The first-order valence-corrected chi connectivity index (χ1v) is 10.0. The molecule has 2 amide bonds. The highest BCUT2D eigenvalue weighted by molar-refractivity contribution is 6.33. The number of benzene rings is 3. The van der Waals surface area contributed by atoms with E-state index in [0.29, 0.717) is 21.9 Å². The van der Waals surface area contributed by atoms with Gasteiger partial charge in [-0.25, -0.2) is 10.2 Å². The minimum atomic E-state index is -0.495. The van der Waals surface area contributed by atoms with Gasteiger partial charge in [-0.3, -0.25) is 9.59 Å². The normalized spacial score (nSPS) is 10.6. The minimum Gasteiger partial charge on any atom is -0.423 e. The first kappa shape index (κ1) is 22.7. The van der Waals surface area contributed by atoms with Crippen LogP contribution >= 0.6 is 11.6 Å². The second kappa shape index (κ2) is 10.9. The van der Waals surface area contributed by atoms with E-state index in [1.807, 2.05) is 19.1 Å². The van der Waals surface area contributed by atoms with Gasteiger partial charge in [0.15, 0.2) is 0 Å². The Morgan fingerprint density at radius 3 is 2.28 bits per heavy atom. The van der Waals surface area contributed by atoms with Gasteiger partial charge in [0.05, 0.1) is 28.9 Å². The molecule has 0 atom stereocenters. The van der Waals surface area contributed by atoms with Crippen LogP contribution in [0.5, 0.6) is 5.75 Å². The summed E-state index contributed by atoms with van der Waals surface area (Å²) in [7, 11) is 0. The van der Waals surface area contributed by atoms with Crippen molar-refractivity contribution in [3.63, 3.8) is 0 Å². The molecule has 0 bridgehead atoms. The Labute approximate surface area is 190 Å². The highest BCUT2D eigenvalue weighted by Gasteiger charge is 2.11. The van der Waals surface area contributed by atoms with Crippen LogP contribution in [0.1, 0.15) is 31.8 Å². The van der Waals surface area contributed by atoms with Gasteiger partial charge in [-0.05, 0) is 60.5 Å². The average molecular weight is 450 g/mol. The number of nitrogens with zero attached hydrogens (tertiary/aromatic N) is 1. The van der Waals surface area contributed by atoms with Crippen LogP contribution in [-0.4, -0.2) is 30.5 Å². The lowest BCUT2D eigenvalue weighted by molar-refractivity contribution is -0.120. The number of hydrogen-bond donors (Lipinski definition) is 2. The Hall–Kier alpha value is -3.97. The molecule has 3 aromatic carbocycles. The molecule has 0 aliphatic heterocycles. The van der Waals surface area contributed by atoms with Gasteiger partial charge in [-0.1, -0.05) is 41.9 Å². The Morgan fingerprint density at radius 1 is 0.938 bits per heavy atom. The molecule has 0 aliphatic rings. The van der Waals surface area contributed by atoms with E-state index >= 15 is 0 Å². The molecule has 0 saturated heterocycles. The quantitative estimate of drug-likeness (QED) is 0.248. The predicted molar refractivity (Wildman–Crippen MR) is 122 cm³/mol. The molecule has 0 spiro atoms. The molecule has 0 radical (unpaired) electrons. The molecule has 32 heavy (non-hydrogen) atoms. The summed E-state index contributed by atoms with van der Waals surface area (Å²) < 4.78 is 5.38. The topological polar surface area (TPSA) is 96.9 Å². The lowest BCUT2D eigenvalue weighted by Gasteiger charge is -2.07. The molecule has 0 aliphatic carbocycles. The lowest BCUT2D eigenvalue weighted by atomic mass is 10.1. The van der Waals surface area contributed by atoms with Crippen molar-refractivity contribution < 1.29 is 19.1 Å². The first-order valence-electron chi connectivity index (χ1n) is 9.66. The van der Waals surface area contributed by atoms with Crippen molar-refractivity contribution in [1.29, 1.82) is 0 Å². The molecular weight excluding hydrogens is 430 g/mol. The third-order valence-corrected chi connectivity index (χ3v) is 4.72. The number of carbonyl (C=O) groups excluding carboxylic acids is 3. The van der Waals surface area contributed by atoms with Crippen LogP contribution in [-0.2, 0) is 4.79 Å². The fourth-order valence-corrected chi connectivity index (χ4v) is 2.93. The van der Waals surface area contributed by atoms with Gasteiger partial charge in [0.1, 0.15) is 5.75 Å². The van der Waals surface area contributed by atoms with E-state index in [2.05, 4.69) is 15.8 Å². The molecule has 0 unspecified atom stereocenters. The fourth-order valence-electron chi connectivity index (χ4n) is 2.71. The third-order valence-electron chi connectivity index (χ3n) is 4.39. The second-order valence-electron chi connectivity index (χ2n) is 6.73. The van der Waals surface area contributed by atoms with Gasteiger partial charge in [0, 0.05) is 0 Å². The maximum absolute atomic E-state index is 12.3. The Balaban J connectivity index is 1.47. The van der Waals surface area contributed by atoms with Crippen LogP contribution in [0.15, 0.2) is 77.9 Å². The van der Waals surface area contributed by atoms with Crippen LogP contribution < -0.4 is 15.5 Å². The van der Waals surface area contributed by atoms with Crippen LogP contribution in [0.2, 0.25) is 5.02 Å². The molecular formula is C24H20ClN3O4. The van der Waals surface area contributed by atoms with E-state index < -0.39 is 17.8 Å². The third kappa shape index (κ3) is 6.26. The molecule has 0 heterocycles. The van der Waals surface area contributed by atoms with Crippen LogP contribution in [0.3, 0.4) is 0 Å². The summed E-state index contributed by atoms with van der Waals surface area (Å²) in [5, 5.41) is 6.63. The number of nitrogens with one attached hydrogen (secondary N) is 2. The summed E-state index contributed by atoms with van der Waals surface area (Å²) in [6.07, 6.45) is 1.43. The van der Waals surface area contributed by atoms with E-state index in [0.717, 1.165) is 5.56 Å². The van der Waals surface area contributed by atoms with Crippen molar-refractivity contribution >= 4 is 35.6 Å². The molecule has 2 N–H and O–H groups in total. The van der Waals surface area contributed by atoms with Gasteiger partial charge < -0.3 is 10.1 Å². The van der Waals surface area contributed by atoms with Crippen molar-refractivity contribution in [2.24, 2.45) is 5.10 Å². The number of rotatable bonds is 7. The van der Waals surface area contributed by atoms with Gasteiger partial charge >= 0.3 is 5.97 Å². The molecule has 0 aromatic heterocycles. The fraction of sp³-hybridized carbons (Fsp3) is 0.0833. The number of hydrazone groups is 1. The zero-order valence-electron chi connectivity index (χ0n) is 17.2. The van der Waals surface area contributed by atoms with Crippen LogP contribution in [0, 0.1) is 6.92 Å². The molecule has 3 rings (SSSR count). The highest BCUT2D eigenvalue weighted by atomic mass is 35.5. The van der Waals surface area contributed by atoms with E-state index in [1.54, 1.807) is 60.7 Å². The van der Waals surface area contributed by atoms with E-state index in [1.165, 1.54) is 6.21 Å². The summed E-state index contributed by atoms with van der Waals surface area (Å²) in [6.45, 7) is 1.59. The summed E-state index contributed by atoms with van der Waals surface area (Å²) in [6, 6.07) is 20.4. The molecule has 7 nitrogen and oxygen atoms in total. The van der Waals surface area contributed by atoms with Gasteiger partial charge in [0.2, 0.25) is 0 Å². The number of carbonyl (C=O) groups is 3. The smallest absolute Gasteiger partial charge is 0.343 e. The number of hydrogen-bond acceptors (Lipinski definition) is 5. The van der Waals surface area contributed by atoms with Crippen molar-refractivity contribution in [3.8, 4) is 5.75 Å². The van der Waals surface area contributed by atoms with Crippen molar-refractivity contribution in [1.82, 2.24) is 10.7 Å². The summed E-state index contributed by atoms with van der Waals surface area (Å²) in [5.41, 5.74) is 4.63. The maximum atomic E-state index is 12.3. The van der Waals surface area contributed by atoms with Crippen molar-refractivity contribution in [2.75, 3.05) is 6.54 Å². The molecule has 3 aromatic rings. The van der Waals surface area contributed by atoms with E-state index in [4.69, 9.17) is 16.3 Å². The number of aryl methyl sites for hydroxylation is 1. The van der Waals surface area contributed by atoms with E-state index in [9.17, 15) is 14.4 Å². The van der Waals surface area contributed by atoms with Crippen LogP contribution in [0.4, 0.5) is 0 Å². The number of esters is 1. The molecule has 162 valence electrons. The second-order valence-corrected chi connectivity index (χ2v) is 7.14. The van der Waals surface area contributed by atoms with Gasteiger partial charge in [0.25, 0.3) is 11.8 Å².